The molecule has 4 atom stereocenters. The first-order chi connectivity index (χ1) is 37.0. The Morgan fingerprint density at radius 2 is 0.461 bits per heavy atom. The number of hydrogen-bond acceptors (Lipinski definition) is 12. The van der Waals surface area contributed by atoms with Crippen molar-refractivity contribution in [1.29, 1.82) is 0 Å². The van der Waals surface area contributed by atoms with Crippen LogP contribution in [0.1, 0.15) is 118 Å². The molecule has 12 heteroatoms. The van der Waals surface area contributed by atoms with Crippen molar-refractivity contribution in [3.63, 3.8) is 0 Å². The Kier molecular flexibility index (Phi) is 15.7. The summed E-state index contributed by atoms with van der Waals surface area (Å²) in [4.78, 5) is 0. The van der Waals surface area contributed by atoms with Gasteiger partial charge in [0.2, 0.25) is 0 Å². The van der Waals surface area contributed by atoms with Crippen LogP contribution in [0.2, 0.25) is 0 Å². The lowest BCUT2D eigenvalue weighted by atomic mass is 9.75. The van der Waals surface area contributed by atoms with Crippen LogP contribution in [0.4, 0.5) is 0 Å². The maximum atomic E-state index is 12.7. The maximum Gasteiger partial charge on any atom is 0.127 e. The molecule has 8 aromatic rings. The van der Waals surface area contributed by atoms with Crippen molar-refractivity contribution in [1.82, 2.24) is 0 Å². The van der Waals surface area contributed by atoms with Crippen LogP contribution >= 0.6 is 0 Å². The molecule has 0 spiro atoms. The Labute approximate surface area is 444 Å². The average Bonchev–Trinajstić information content (AvgIpc) is 3.43. The number of phenolic OH excluding ortho intramolecular Hbond substituents is 4. The molecule has 0 heterocycles. The summed E-state index contributed by atoms with van der Waals surface area (Å²) >= 11 is 0. The van der Waals surface area contributed by atoms with Gasteiger partial charge in [-0.25, -0.2) is 0 Å². The number of aromatic hydroxyl groups is 4. The van der Waals surface area contributed by atoms with Crippen LogP contribution in [0, 0.1) is 0 Å². The van der Waals surface area contributed by atoms with Gasteiger partial charge >= 0.3 is 0 Å². The van der Waals surface area contributed by atoms with Crippen LogP contribution in [0.25, 0.3) is 0 Å². The van der Waals surface area contributed by atoms with E-state index in [9.17, 15) is 20.4 Å². The average molecular weight is 1030 g/mol. The molecule has 1 aliphatic carbocycles. The minimum Gasteiger partial charge on any atom is -0.507 e. The third-order valence-electron chi connectivity index (χ3n) is 14.1. The van der Waals surface area contributed by atoms with Gasteiger partial charge in [0.05, 0.1) is 54.9 Å². The highest BCUT2D eigenvalue weighted by molar-refractivity contribution is 5.68. The molecule has 392 valence electrons. The van der Waals surface area contributed by atoms with Gasteiger partial charge in [-0.05, 0) is 123 Å². The van der Waals surface area contributed by atoms with Crippen molar-refractivity contribution < 1.29 is 58.3 Å². The van der Waals surface area contributed by atoms with Gasteiger partial charge in [0.15, 0.2) is 0 Å². The molecule has 0 amide bonds. The van der Waals surface area contributed by atoms with Gasteiger partial charge < -0.3 is 58.3 Å². The second-order valence-electron chi connectivity index (χ2n) is 18.4. The van der Waals surface area contributed by atoms with Gasteiger partial charge in [-0.15, -0.1) is 0 Å². The minimum atomic E-state index is -0.771. The number of ether oxygens (including phenoxy) is 8. The van der Waals surface area contributed by atoms with Crippen LogP contribution in [-0.2, 0) is 0 Å². The molecule has 1 aliphatic rings. The Hall–Kier alpha value is -8.64. The number of rotatable bonds is 16. The van der Waals surface area contributed by atoms with Crippen LogP contribution in [-0.4, -0.2) is 75.3 Å². The third kappa shape index (κ3) is 10.1. The third-order valence-corrected chi connectivity index (χ3v) is 14.1. The molecular formula is C64H64O12. The Bertz CT molecular complexity index is 2850. The lowest BCUT2D eigenvalue weighted by molar-refractivity contribution is 0.330. The Morgan fingerprint density at radius 3 is 0.618 bits per heavy atom. The van der Waals surface area contributed by atoms with Crippen molar-refractivity contribution >= 4 is 0 Å². The molecule has 4 unspecified atom stereocenters. The zero-order valence-corrected chi connectivity index (χ0v) is 44.0. The molecule has 76 heavy (non-hydrogen) atoms. The molecule has 0 fully saturated rings. The lowest BCUT2D eigenvalue weighted by Gasteiger charge is -2.31. The van der Waals surface area contributed by atoms with Crippen LogP contribution in [0.15, 0.2) is 146 Å². The minimum absolute atomic E-state index is 0.0654. The van der Waals surface area contributed by atoms with Crippen molar-refractivity contribution in [3.05, 3.63) is 212 Å². The van der Waals surface area contributed by atoms with Crippen molar-refractivity contribution in [2.24, 2.45) is 0 Å². The van der Waals surface area contributed by atoms with E-state index in [0.29, 0.717) is 90.5 Å². The monoisotopic (exact) mass is 1020 g/mol. The normalized spacial score (nSPS) is 15.8. The molecule has 12 nitrogen and oxygen atoms in total. The van der Waals surface area contributed by atoms with Gasteiger partial charge in [-0.1, -0.05) is 48.5 Å². The van der Waals surface area contributed by atoms with Gasteiger partial charge in [0.25, 0.3) is 0 Å². The first kappa shape index (κ1) is 52.2. The lowest BCUT2D eigenvalue weighted by Crippen LogP contribution is -2.15. The van der Waals surface area contributed by atoms with Crippen LogP contribution in [0.5, 0.6) is 69.0 Å². The van der Waals surface area contributed by atoms with E-state index < -0.39 is 23.7 Å². The van der Waals surface area contributed by atoms with E-state index in [1.807, 2.05) is 149 Å². The van der Waals surface area contributed by atoms with Gasteiger partial charge in [-0.3, -0.25) is 0 Å². The van der Waals surface area contributed by atoms with Crippen molar-refractivity contribution in [2.45, 2.75) is 51.4 Å². The summed E-state index contributed by atoms with van der Waals surface area (Å²) in [7, 11) is 6.43. The molecule has 9 rings (SSSR count). The summed E-state index contributed by atoms with van der Waals surface area (Å²) in [5.41, 5.74) is 7.48. The molecule has 0 saturated heterocycles. The zero-order valence-electron chi connectivity index (χ0n) is 44.0. The molecule has 0 aromatic heterocycles. The van der Waals surface area contributed by atoms with Crippen LogP contribution < -0.4 is 37.9 Å². The quantitative estimate of drug-likeness (QED) is 0.0728. The van der Waals surface area contributed by atoms with E-state index in [4.69, 9.17) is 37.9 Å². The van der Waals surface area contributed by atoms with Crippen LogP contribution in [0.3, 0.4) is 0 Å². The topological polar surface area (TPSA) is 155 Å². The molecule has 8 aromatic carbocycles. The fraction of sp³-hybridized carbons (Fsp3) is 0.250. The van der Waals surface area contributed by atoms with Gasteiger partial charge in [-0.2, -0.15) is 0 Å². The molecule has 0 radical (unpaired) electrons. The first-order valence-corrected chi connectivity index (χ1v) is 25.5. The fourth-order valence-electron chi connectivity index (χ4n) is 10.7. The molecule has 0 saturated carbocycles. The SMILES string of the molecule is CCOc1cc(O)c2cc1C(c1ccc(OC)cc1)c1cc(c(OCC)cc1O)C(c1ccc(OC)cc1)c1cc(c(OCC)cc1O)C(c1ccc(OC)cc1)c1cc(c(OCC)cc1O)C2c1ccc(OC)cc1. The van der Waals surface area contributed by atoms with E-state index in [1.165, 1.54) is 0 Å². The van der Waals surface area contributed by atoms with E-state index >= 15 is 0 Å². The predicted octanol–water partition coefficient (Wildman–Crippen LogP) is 13.2. The maximum absolute atomic E-state index is 12.7. The Balaban J connectivity index is 1.52. The number of benzene rings is 8. The van der Waals surface area contributed by atoms with E-state index in [2.05, 4.69) is 0 Å². The standard InChI is InChI=1S/C64H64O12/c1-9-73-57-33-53(65)45-29-49(57)61(37-13-21-41(69-5)22-14-37)46-30-50(58(74-10-2)34-54(46)66)63(39-17-25-43(71-7)26-18-39)48-32-52(60(76-12-4)36-56(48)68)64(40-19-27-44(72-8)28-20-40)47-31-51(59(75-11-3)35-55(47)67)62(45)38-15-23-42(70-6)24-16-38/h13-36,61-68H,9-12H2,1-8H3. The summed E-state index contributed by atoms with van der Waals surface area (Å²) in [5, 5.41) is 50.7. The molecule has 0 aliphatic heterocycles. The highest BCUT2D eigenvalue weighted by Crippen LogP contribution is 2.54. The van der Waals surface area contributed by atoms with Gasteiger partial charge in [0.1, 0.15) is 69.0 Å². The summed E-state index contributed by atoms with van der Waals surface area (Å²) in [6, 6.07) is 44.9. The fourth-order valence-corrected chi connectivity index (χ4v) is 10.7. The molecule has 4 N–H and O–H groups in total. The molecule has 8 bridgehead atoms. The Morgan fingerprint density at radius 1 is 0.276 bits per heavy atom. The van der Waals surface area contributed by atoms with Crippen molar-refractivity contribution in [3.8, 4) is 69.0 Å². The highest BCUT2D eigenvalue weighted by Gasteiger charge is 2.36. The molecular weight excluding hydrogens is 961 g/mol. The number of fused-ring (bicyclic) bond motifs is 8. The summed E-state index contributed by atoms with van der Waals surface area (Å²) in [6.07, 6.45) is 0. The summed E-state index contributed by atoms with van der Waals surface area (Å²) in [5.74, 6) is 0.697. The largest absolute Gasteiger partial charge is 0.507 e. The van der Waals surface area contributed by atoms with E-state index in [1.54, 1.807) is 52.7 Å². The van der Waals surface area contributed by atoms with E-state index in [-0.39, 0.29) is 49.4 Å². The summed E-state index contributed by atoms with van der Waals surface area (Å²) < 4.78 is 48.7. The number of hydrogen-bond donors (Lipinski definition) is 4. The number of methoxy groups -OCH3 is 4. The van der Waals surface area contributed by atoms with E-state index in [0.717, 1.165) is 22.3 Å². The predicted molar refractivity (Wildman–Crippen MR) is 293 cm³/mol. The number of phenols is 4. The zero-order chi connectivity index (χ0) is 53.6. The highest BCUT2D eigenvalue weighted by atomic mass is 16.5. The van der Waals surface area contributed by atoms with Gasteiger partial charge in [0, 0.05) is 92.4 Å². The second kappa shape index (κ2) is 22.9. The second-order valence-corrected chi connectivity index (χ2v) is 18.4. The van der Waals surface area contributed by atoms with Crippen molar-refractivity contribution in [2.75, 3.05) is 54.9 Å². The first-order valence-electron chi connectivity index (χ1n) is 25.5. The smallest absolute Gasteiger partial charge is 0.127 e. The summed E-state index contributed by atoms with van der Waals surface area (Å²) in [6.45, 7) is 8.54.